The van der Waals surface area contributed by atoms with Crippen molar-refractivity contribution >= 4 is 5.97 Å². The molecule has 0 bridgehead atoms. The minimum Gasteiger partial charge on any atom is -0.478 e. The maximum atomic E-state index is 12.4. The van der Waals surface area contributed by atoms with Crippen molar-refractivity contribution in [3.63, 3.8) is 0 Å². The number of hydrogen-bond donors (Lipinski definition) is 1. The molecule has 2 nitrogen and oxygen atoms in total. The second-order valence-corrected chi connectivity index (χ2v) is 12.3. The highest BCUT2D eigenvalue weighted by Crippen LogP contribution is 2.25. The molecule has 0 aromatic heterocycles. The molecule has 0 heterocycles. The van der Waals surface area contributed by atoms with E-state index in [4.69, 9.17) is 0 Å². The summed E-state index contributed by atoms with van der Waals surface area (Å²) in [7, 11) is 0. The van der Waals surface area contributed by atoms with E-state index < -0.39 is 5.97 Å². The molecule has 0 atom stereocenters. The number of hydrogen-bond acceptors (Lipinski definition) is 1. The Bertz CT molecular complexity index is 666. The molecule has 1 N–H and O–H groups in total. The predicted molar refractivity (Wildman–Crippen MR) is 172 cm³/mol. The molecule has 0 unspecified atom stereocenters. The van der Waals surface area contributed by atoms with E-state index >= 15 is 0 Å². The van der Waals surface area contributed by atoms with E-state index in [1.807, 2.05) is 0 Å². The molecule has 0 amide bonds. The van der Waals surface area contributed by atoms with Crippen molar-refractivity contribution in [2.45, 2.75) is 194 Å². The average Bonchev–Trinajstić information content (AvgIpc) is 2.92. The van der Waals surface area contributed by atoms with E-state index in [1.165, 1.54) is 147 Å². The highest BCUT2D eigenvalue weighted by Gasteiger charge is 2.17. The van der Waals surface area contributed by atoms with Crippen LogP contribution in [0.1, 0.15) is 202 Å². The molecular formula is C37H66O2. The molecular weight excluding hydrogens is 476 g/mol. The lowest BCUT2D eigenvalue weighted by Gasteiger charge is -2.15. The summed E-state index contributed by atoms with van der Waals surface area (Å²) in [4.78, 5) is 12.4. The first-order valence-electron chi connectivity index (χ1n) is 17.5. The maximum absolute atomic E-state index is 12.4. The fourth-order valence-electron chi connectivity index (χ4n) is 6.01. The Morgan fingerprint density at radius 3 is 1.05 bits per heavy atom. The van der Waals surface area contributed by atoms with Crippen molar-refractivity contribution in [2.75, 3.05) is 0 Å². The smallest absolute Gasteiger partial charge is 0.336 e. The number of aromatic carboxylic acids is 1. The summed E-state index contributed by atoms with van der Waals surface area (Å²) in [5, 5.41) is 10.2. The summed E-state index contributed by atoms with van der Waals surface area (Å²) in [6.45, 7) is 6.82. The van der Waals surface area contributed by atoms with Gasteiger partial charge in [0.05, 0.1) is 5.56 Å². The van der Waals surface area contributed by atoms with Crippen molar-refractivity contribution in [3.05, 3.63) is 34.4 Å². The van der Waals surface area contributed by atoms with Gasteiger partial charge >= 0.3 is 5.97 Å². The summed E-state index contributed by atoms with van der Waals surface area (Å²) in [5.41, 5.74) is 4.25. The molecule has 0 fully saturated rings. The van der Waals surface area contributed by atoms with Crippen LogP contribution in [-0.4, -0.2) is 11.1 Å². The number of carboxylic acids is 1. The number of carboxylic acid groups (broad SMARTS) is 1. The lowest BCUT2D eigenvalue weighted by atomic mass is 9.89. The van der Waals surface area contributed by atoms with E-state index in [2.05, 4.69) is 32.9 Å². The lowest BCUT2D eigenvalue weighted by Crippen LogP contribution is -2.09. The van der Waals surface area contributed by atoms with E-state index in [9.17, 15) is 9.90 Å². The van der Waals surface area contributed by atoms with Gasteiger partial charge in [-0.1, -0.05) is 168 Å². The molecule has 39 heavy (non-hydrogen) atoms. The van der Waals surface area contributed by atoms with Gasteiger partial charge in [-0.15, -0.1) is 0 Å². The summed E-state index contributed by atoms with van der Waals surface area (Å²) >= 11 is 0. The summed E-state index contributed by atoms with van der Waals surface area (Å²) < 4.78 is 0. The van der Waals surface area contributed by atoms with Gasteiger partial charge in [-0.2, -0.15) is 0 Å². The Morgan fingerprint density at radius 1 is 0.462 bits per heavy atom. The molecule has 1 aromatic rings. The highest BCUT2D eigenvalue weighted by molar-refractivity contribution is 5.91. The average molecular weight is 543 g/mol. The number of rotatable bonds is 28. The zero-order chi connectivity index (χ0) is 28.4. The van der Waals surface area contributed by atoms with Crippen LogP contribution < -0.4 is 0 Å². The van der Waals surface area contributed by atoms with Crippen LogP contribution in [0.5, 0.6) is 0 Å². The van der Waals surface area contributed by atoms with Crippen molar-refractivity contribution in [1.82, 2.24) is 0 Å². The summed E-state index contributed by atoms with van der Waals surface area (Å²) in [5.74, 6) is -0.710. The highest BCUT2D eigenvalue weighted by atomic mass is 16.4. The molecule has 226 valence electrons. The van der Waals surface area contributed by atoms with Crippen molar-refractivity contribution < 1.29 is 9.90 Å². The maximum Gasteiger partial charge on any atom is 0.336 e. The normalized spacial score (nSPS) is 11.4. The number of benzene rings is 1. The van der Waals surface area contributed by atoms with Gasteiger partial charge in [0.1, 0.15) is 0 Å². The Hall–Kier alpha value is -1.31. The van der Waals surface area contributed by atoms with Gasteiger partial charge < -0.3 is 5.11 Å². The van der Waals surface area contributed by atoms with Crippen LogP contribution in [0.3, 0.4) is 0 Å². The number of carbonyl (C=O) groups is 1. The summed E-state index contributed by atoms with van der Waals surface area (Å²) in [6.07, 6.45) is 34.3. The predicted octanol–water partition coefficient (Wildman–Crippen LogP) is 12.4. The monoisotopic (exact) mass is 543 g/mol. The van der Waals surface area contributed by atoms with Gasteiger partial charge in [-0.25, -0.2) is 4.79 Å². The van der Waals surface area contributed by atoms with E-state index in [0.29, 0.717) is 5.56 Å². The molecule has 0 radical (unpaired) electrons. The quantitative estimate of drug-likeness (QED) is 0.107. The number of aryl methyl sites for hydroxylation is 3. The largest absolute Gasteiger partial charge is 0.478 e. The third-order valence-electron chi connectivity index (χ3n) is 8.49. The van der Waals surface area contributed by atoms with Gasteiger partial charge in [-0.3, -0.25) is 0 Å². The van der Waals surface area contributed by atoms with Crippen molar-refractivity contribution in [2.24, 2.45) is 0 Å². The third-order valence-corrected chi connectivity index (χ3v) is 8.49. The van der Waals surface area contributed by atoms with Crippen LogP contribution >= 0.6 is 0 Å². The minimum atomic E-state index is -0.710. The fourth-order valence-corrected chi connectivity index (χ4v) is 6.01. The van der Waals surface area contributed by atoms with Crippen LogP contribution in [0, 0.1) is 0 Å². The zero-order valence-corrected chi connectivity index (χ0v) is 26.6. The third kappa shape index (κ3) is 18.6. The van der Waals surface area contributed by atoms with Gasteiger partial charge in [0.2, 0.25) is 0 Å². The van der Waals surface area contributed by atoms with Crippen LogP contribution in [0.15, 0.2) is 12.1 Å². The van der Waals surface area contributed by atoms with Crippen molar-refractivity contribution in [1.29, 1.82) is 0 Å². The summed E-state index contributed by atoms with van der Waals surface area (Å²) in [6, 6.07) is 4.53. The van der Waals surface area contributed by atoms with Gasteiger partial charge in [0.25, 0.3) is 0 Å². The zero-order valence-electron chi connectivity index (χ0n) is 26.6. The van der Waals surface area contributed by atoms with E-state index in [-0.39, 0.29) is 0 Å². The van der Waals surface area contributed by atoms with E-state index in [0.717, 1.165) is 43.2 Å². The van der Waals surface area contributed by atoms with Crippen LogP contribution in [-0.2, 0) is 19.3 Å². The Balaban J connectivity index is 2.69. The Labute approximate surface area is 244 Å². The first-order chi connectivity index (χ1) is 19.1. The SMILES string of the molecule is CCCCCCCCCCc1cc(CCCCCCCCCC)c(C(=O)O)c(CCCCCCCCCC)c1. The second kappa shape index (κ2) is 25.6. The lowest BCUT2D eigenvalue weighted by molar-refractivity contribution is 0.0694. The van der Waals surface area contributed by atoms with Crippen LogP contribution in [0.25, 0.3) is 0 Å². The van der Waals surface area contributed by atoms with Gasteiger partial charge in [0, 0.05) is 0 Å². The molecule has 1 rings (SSSR count). The topological polar surface area (TPSA) is 37.3 Å². The number of unbranched alkanes of at least 4 members (excludes halogenated alkanes) is 21. The molecule has 0 aliphatic carbocycles. The Kier molecular flexibility index (Phi) is 23.5. The molecule has 0 saturated heterocycles. The standard InChI is InChI=1S/C37H66O2/c1-4-7-10-13-16-19-22-25-28-33-31-34(29-26-23-20-17-14-11-8-5-2)36(37(38)39)35(32-33)30-27-24-21-18-15-12-9-6-3/h31-32H,4-30H2,1-3H3,(H,38,39). The molecule has 0 aliphatic heterocycles. The van der Waals surface area contributed by atoms with Crippen LogP contribution in [0.2, 0.25) is 0 Å². The van der Waals surface area contributed by atoms with Gasteiger partial charge in [-0.05, 0) is 55.2 Å². The first kappa shape index (κ1) is 35.7. The minimum absolute atomic E-state index is 0.639. The van der Waals surface area contributed by atoms with E-state index in [1.54, 1.807) is 0 Å². The van der Waals surface area contributed by atoms with Crippen molar-refractivity contribution in [3.8, 4) is 0 Å². The first-order valence-corrected chi connectivity index (χ1v) is 17.5. The molecule has 0 aliphatic rings. The molecule has 0 spiro atoms. The second-order valence-electron chi connectivity index (χ2n) is 12.3. The molecule has 1 aromatic carbocycles. The fraction of sp³-hybridized carbons (Fsp3) is 0.811. The Morgan fingerprint density at radius 2 is 0.744 bits per heavy atom. The van der Waals surface area contributed by atoms with Crippen LogP contribution in [0.4, 0.5) is 0 Å². The van der Waals surface area contributed by atoms with Gasteiger partial charge in [0.15, 0.2) is 0 Å². The molecule has 0 saturated carbocycles. The molecule has 2 heteroatoms.